The number of carbonyl (C=O) groups excluding carboxylic acids is 2. The van der Waals surface area contributed by atoms with E-state index < -0.39 is 11.7 Å². The number of allylic oxidation sites excluding steroid dienone is 1. The van der Waals surface area contributed by atoms with E-state index in [4.69, 9.17) is 16.3 Å². The fourth-order valence-electron chi connectivity index (χ4n) is 1.37. The quantitative estimate of drug-likeness (QED) is 0.846. The molecule has 0 saturated carbocycles. The third-order valence-corrected chi connectivity index (χ3v) is 2.47. The molecule has 1 aromatic carbocycles. The lowest BCUT2D eigenvalue weighted by Gasteiger charge is -2.19. The number of benzene rings is 1. The molecule has 1 N–H and O–H groups in total. The Morgan fingerprint density at radius 1 is 1.30 bits per heavy atom. The first kappa shape index (κ1) is 16.2. The summed E-state index contributed by atoms with van der Waals surface area (Å²) < 4.78 is 5.14. The van der Waals surface area contributed by atoms with Crippen molar-refractivity contribution in [3.8, 4) is 0 Å². The predicted octanol–water partition coefficient (Wildman–Crippen LogP) is 4.29. The molecular formula is C15H18ClNO3. The minimum absolute atomic E-state index is 0.0583. The van der Waals surface area contributed by atoms with Gasteiger partial charge >= 0.3 is 6.09 Å². The van der Waals surface area contributed by atoms with E-state index >= 15 is 0 Å². The van der Waals surface area contributed by atoms with Crippen molar-refractivity contribution in [2.24, 2.45) is 0 Å². The Balaban J connectivity index is 2.78. The van der Waals surface area contributed by atoms with Gasteiger partial charge in [-0.2, -0.15) is 0 Å². The molecule has 0 aromatic heterocycles. The molecule has 0 bridgehead atoms. The zero-order chi connectivity index (χ0) is 15.3. The summed E-state index contributed by atoms with van der Waals surface area (Å²) in [4.78, 5) is 22.5. The van der Waals surface area contributed by atoms with Gasteiger partial charge in [-0.3, -0.25) is 10.1 Å². The Kier molecular flexibility index (Phi) is 5.34. The highest BCUT2D eigenvalue weighted by molar-refractivity contribution is 6.32. The van der Waals surface area contributed by atoms with Crippen LogP contribution in [0.1, 0.15) is 33.3 Å². The maximum absolute atomic E-state index is 11.6. The number of nitrogens with one attached hydrogen (secondary N) is 1. The normalized spacial score (nSPS) is 11.4. The SMILES string of the molecule is CC(=O)/C=C/c1ccc(NC(=O)OC(C)(C)C)cc1Cl. The van der Waals surface area contributed by atoms with Crippen molar-refractivity contribution < 1.29 is 14.3 Å². The molecule has 20 heavy (non-hydrogen) atoms. The van der Waals surface area contributed by atoms with E-state index in [0.717, 1.165) is 0 Å². The fraction of sp³-hybridized carbons (Fsp3) is 0.333. The van der Waals surface area contributed by atoms with Gasteiger partial charge in [0.15, 0.2) is 5.78 Å². The van der Waals surface area contributed by atoms with Crippen LogP contribution >= 0.6 is 11.6 Å². The third-order valence-electron chi connectivity index (χ3n) is 2.14. The van der Waals surface area contributed by atoms with Gasteiger partial charge in [0.2, 0.25) is 0 Å². The molecule has 108 valence electrons. The molecule has 0 fully saturated rings. The van der Waals surface area contributed by atoms with Crippen LogP contribution in [-0.2, 0) is 9.53 Å². The summed E-state index contributed by atoms with van der Waals surface area (Å²) >= 11 is 6.07. The summed E-state index contributed by atoms with van der Waals surface area (Å²) in [5.74, 6) is -0.0583. The monoisotopic (exact) mass is 295 g/mol. The maximum atomic E-state index is 11.6. The highest BCUT2D eigenvalue weighted by Crippen LogP contribution is 2.22. The second-order valence-electron chi connectivity index (χ2n) is 5.31. The van der Waals surface area contributed by atoms with Crippen LogP contribution in [0.15, 0.2) is 24.3 Å². The third kappa shape index (κ3) is 5.89. The van der Waals surface area contributed by atoms with Crippen LogP contribution in [0.4, 0.5) is 10.5 Å². The molecule has 0 aliphatic carbocycles. The van der Waals surface area contributed by atoms with Gasteiger partial charge < -0.3 is 4.74 Å². The molecule has 0 aliphatic heterocycles. The van der Waals surface area contributed by atoms with Gasteiger partial charge in [0.05, 0.1) is 0 Å². The Morgan fingerprint density at radius 2 is 1.95 bits per heavy atom. The summed E-state index contributed by atoms with van der Waals surface area (Å²) in [6.45, 7) is 6.82. The number of ketones is 1. The Bertz CT molecular complexity index is 545. The van der Waals surface area contributed by atoms with Crippen LogP contribution in [0.25, 0.3) is 6.08 Å². The minimum atomic E-state index is -0.557. The van der Waals surface area contributed by atoms with E-state index in [1.54, 1.807) is 45.0 Å². The molecule has 5 heteroatoms. The summed E-state index contributed by atoms with van der Waals surface area (Å²) in [6, 6.07) is 5.01. The fourth-order valence-corrected chi connectivity index (χ4v) is 1.61. The van der Waals surface area contributed by atoms with Crippen molar-refractivity contribution in [1.82, 2.24) is 0 Å². The van der Waals surface area contributed by atoms with Crippen LogP contribution in [-0.4, -0.2) is 17.5 Å². The number of hydrogen-bond donors (Lipinski definition) is 1. The number of rotatable bonds is 3. The number of hydrogen-bond acceptors (Lipinski definition) is 3. The lowest BCUT2D eigenvalue weighted by atomic mass is 10.2. The molecule has 0 saturated heterocycles. The first-order valence-electron chi connectivity index (χ1n) is 6.15. The van der Waals surface area contributed by atoms with Crippen molar-refractivity contribution in [1.29, 1.82) is 0 Å². The van der Waals surface area contributed by atoms with Crippen LogP contribution in [0.2, 0.25) is 5.02 Å². The van der Waals surface area contributed by atoms with E-state index in [-0.39, 0.29) is 5.78 Å². The van der Waals surface area contributed by atoms with E-state index in [1.807, 2.05) is 0 Å². The van der Waals surface area contributed by atoms with Gasteiger partial charge in [-0.15, -0.1) is 0 Å². The van der Waals surface area contributed by atoms with Crippen molar-refractivity contribution in [2.75, 3.05) is 5.32 Å². The van der Waals surface area contributed by atoms with Gasteiger partial charge in [0.1, 0.15) is 5.60 Å². The number of carbonyl (C=O) groups is 2. The summed E-state index contributed by atoms with van der Waals surface area (Å²) in [7, 11) is 0. The zero-order valence-corrected chi connectivity index (χ0v) is 12.7. The summed E-state index contributed by atoms with van der Waals surface area (Å²) in [5, 5.41) is 3.04. The van der Waals surface area contributed by atoms with Crippen molar-refractivity contribution in [3.05, 3.63) is 34.9 Å². The average Bonchev–Trinajstić information content (AvgIpc) is 2.24. The van der Waals surface area contributed by atoms with Crippen molar-refractivity contribution in [3.63, 3.8) is 0 Å². The van der Waals surface area contributed by atoms with Gasteiger partial charge in [-0.1, -0.05) is 17.7 Å². The number of amides is 1. The zero-order valence-electron chi connectivity index (χ0n) is 12.0. The predicted molar refractivity (Wildman–Crippen MR) is 81.0 cm³/mol. The maximum Gasteiger partial charge on any atom is 0.412 e. The molecule has 1 rings (SSSR count). The second kappa shape index (κ2) is 6.57. The molecule has 1 aromatic rings. The lowest BCUT2D eigenvalue weighted by molar-refractivity contribution is -0.112. The van der Waals surface area contributed by atoms with Gasteiger partial charge in [0.25, 0.3) is 0 Å². The molecule has 0 atom stereocenters. The Hall–Kier alpha value is -1.81. The van der Waals surface area contributed by atoms with Crippen LogP contribution in [0, 0.1) is 0 Å². The first-order chi connectivity index (χ1) is 9.17. The van der Waals surface area contributed by atoms with Crippen LogP contribution in [0.5, 0.6) is 0 Å². The van der Waals surface area contributed by atoms with Gasteiger partial charge in [0, 0.05) is 10.7 Å². The molecular weight excluding hydrogens is 278 g/mol. The second-order valence-corrected chi connectivity index (χ2v) is 5.71. The topological polar surface area (TPSA) is 55.4 Å². The molecule has 0 heterocycles. The van der Waals surface area contributed by atoms with Crippen LogP contribution < -0.4 is 5.32 Å². The van der Waals surface area contributed by atoms with Gasteiger partial charge in [-0.25, -0.2) is 4.79 Å². The van der Waals surface area contributed by atoms with E-state index in [0.29, 0.717) is 16.3 Å². The smallest absolute Gasteiger partial charge is 0.412 e. The highest BCUT2D eigenvalue weighted by atomic mass is 35.5. The van der Waals surface area contributed by atoms with Crippen LogP contribution in [0.3, 0.4) is 0 Å². The highest BCUT2D eigenvalue weighted by Gasteiger charge is 2.16. The molecule has 0 radical (unpaired) electrons. The van der Waals surface area contributed by atoms with Crippen molar-refractivity contribution >= 4 is 35.2 Å². The standard InChI is InChI=1S/C15H18ClNO3/c1-10(18)5-6-11-7-8-12(9-13(11)16)17-14(19)20-15(2,3)4/h5-9H,1-4H3,(H,17,19)/b6-5+. The summed E-state index contributed by atoms with van der Waals surface area (Å²) in [5.41, 5.74) is 0.679. The molecule has 1 amide bonds. The molecule has 0 unspecified atom stereocenters. The molecule has 4 nitrogen and oxygen atoms in total. The summed E-state index contributed by atoms with van der Waals surface area (Å²) in [6.07, 6.45) is 2.52. The largest absolute Gasteiger partial charge is 0.444 e. The Labute approximate surface area is 123 Å². The lowest BCUT2D eigenvalue weighted by Crippen LogP contribution is -2.27. The number of halogens is 1. The van der Waals surface area contributed by atoms with E-state index in [9.17, 15) is 9.59 Å². The van der Waals surface area contributed by atoms with E-state index in [2.05, 4.69) is 5.32 Å². The Morgan fingerprint density at radius 3 is 2.45 bits per heavy atom. The first-order valence-corrected chi connectivity index (χ1v) is 6.53. The number of anilines is 1. The van der Waals surface area contributed by atoms with Crippen molar-refractivity contribution in [2.45, 2.75) is 33.3 Å². The minimum Gasteiger partial charge on any atom is -0.444 e. The van der Waals surface area contributed by atoms with Gasteiger partial charge in [-0.05, 0) is 57.5 Å². The molecule has 0 aliphatic rings. The average molecular weight is 296 g/mol. The molecule has 0 spiro atoms. The number of ether oxygens (including phenoxy) is 1. The van der Waals surface area contributed by atoms with E-state index in [1.165, 1.54) is 13.0 Å².